The van der Waals surface area contributed by atoms with Crippen LogP contribution in [-0.4, -0.2) is 6.29 Å². The first kappa shape index (κ1) is 14.1. The Kier molecular flexibility index (Phi) is 6.37. The number of carbonyl (C=O) groups is 1. The van der Waals surface area contributed by atoms with Crippen LogP contribution < -0.4 is 4.52 Å². The lowest BCUT2D eigenvalue weighted by Gasteiger charge is -1.92. The van der Waals surface area contributed by atoms with E-state index in [2.05, 4.69) is 23.6 Å². The van der Waals surface area contributed by atoms with E-state index in [9.17, 15) is 9.36 Å². The molecule has 0 N–H and O–H groups in total. The minimum Gasteiger partial charge on any atom is -0.298 e. The first-order valence-electron chi connectivity index (χ1n) is 5.37. The fourth-order valence-corrected chi connectivity index (χ4v) is 1.53. The molecule has 18 heavy (non-hydrogen) atoms. The minimum absolute atomic E-state index is 0.357. The summed E-state index contributed by atoms with van der Waals surface area (Å²) in [4.78, 5) is 10.3. The molecule has 3 nitrogen and oxygen atoms in total. The molecular formula is C14H14O3P+. The van der Waals surface area contributed by atoms with Crippen LogP contribution in [0.4, 0.5) is 0 Å². The highest BCUT2D eigenvalue weighted by Gasteiger charge is 2.03. The standard InChI is InChI=1S/C7H6O3P.C7H8/c8-5-6-3-1-2-4-7(6)10-11-9;1-7-5-3-2-4-6-7/h1-5,11H;2-6H,1H3/q+1;. The lowest BCUT2D eigenvalue weighted by Crippen LogP contribution is -1.83. The van der Waals surface area contributed by atoms with E-state index in [0.717, 1.165) is 0 Å². The molecule has 2 rings (SSSR count). The molecule has 1 atom stereocenters. The quantitative estimate of drug-likeness (QED) is 0.623. The van der Waals surface area contributed by atoms with Crippen LogP contribution in [0.2, 0.25) is 0 Å². The number of rotatable bonds is 3. The molecule has 2 aromatic carbocycles. The van der Waals surface area contributed by atoms with Crippen LogP contribution in [0, 0.1) is 6.92 Å². The van der Waals surface area contributed by atoms with E-state index in [1.807, 2.05) is 18.2 Å². The van der Waals surface area contributed by atoms with Crippen molar-refractivity contribution in [1.82, 2.24) is 0 Å². The maximum Gasteiger partial charge on any atom is 0.542 e. The van der Waals surface area contributed by atoms with Gasteiger partial charge in [-0.05, 0) is 23.6 Å². The Balaban J connectivity index is 0.000000199. The molecule has 4 heteroatoms. The molecule has 0 spiro atoms. The Morgan fingerprint density at radius 3 is 2.11 bits per heavy atom. The van der Waals surface area contributed by atoms with Gasteiger partial charge in [0.25, 0.3) is 0 Å². The minimum atomic E-state index is -0.874. The molecule has 0 heterocycles. The van der Waals surface area contributed by atoms with Gasteiger partial charge in [-0.3, -0.25) is 9.32 Å². The third-order valence-electron chi connectivity index (χ3n) is 2.14. The fourth-order valence-electron chi connectivity index (χ4n) is 1.25. The molecule has 0 radical (unpaired) electrons. The van der Waals surface area contributed by atoms with E-state index in [1.54, 1.807) is 24.3 Å². The Labute approximate surface area is 108 Å². The van der Waals surface area contributed by atoms with Gasteiger partial charge >= 0.3 is 8.69 Å². The SMILES string of the molecule is Cc1ccccc1.O=Cc1ccccc1O[PH+]=O. The van der Waals surface area contributed by atoms with Crippen molar-refractivity contribution in [1.29, 1.82) is 0 Å². The summed E-state index contributed by atoms with van der Waals surface area (Å²) in [5, 5.41) is 0. The number of carbonyl (C=O) groups excluding carboxylic acids is 1. The van der Waals surface area contributed by atoms with E-state index in [0.29, 0.717) is 17.6 Å². The number of hydrogen-bond donors (Lipinski definition) is 0. The van der Waals surface area contributed by atoms with Crippen molar-refractivity contribution in [3.63, 3.8) is 0 Å². The first-order valence-corrected chi connectivity index (χ1v) is 6.19. The second kappa shape index (κ2) is 8.15. The van der Waals surface area contributed by atoms with Crippen molar-refractivity contribution in [2.24, 2.45) is 0 Å². The third kappa shape index (κ3) is 4.89. The summed E-state index contributed by atoms with van der Waals surface area (Å²) >= 11 is 0. The monoisotopic (exact) mass is 261 g/mol. The molecule has 0 saturated carbocycles. The maximum atomic E-state index is 10.3. The molecule has 0 aliphatic heterocycles. The Morgan fingerprint density at radius 1 is 1.00 bits per heavy atom. The molecular weight excluding hydrogens is 247 g/mol. The highest BCUT2D eigenvalue weighted by molar-refractivity contribution is 7.17. The van der Waals surface area contributed by atoms with Crippen LogP contribution in [0.1, 0.15) is 15.9 Å². The van der Waals surface area contributed by atoms with Crippen molar-refractivity contribution in [3.8, 4) is 5.75 Å². The van der Waals surface area contributed by atoms with Gasteiger partial charge in [-0.2, -0.15) is 0 Å². The summed E-state index contributed by atoms with van der Waals surface area (Å²) in [5.41, 5.74) is 1.73. The fraction of sp³-hybridized carbons (Fsp3) is 0.0714. The summed E-state index contributed by atoms with van der Waals surface area (Å²) in [5.74, 6) is 0.357. The number of aldehydes is 1. The second-order valence-corrected chi connectivity index (χ2v) is 3.87. The van der Waals surface area contributed by atoms with Gasteiger partial charge in [-0.1, -0.05) is 48.0 Å². The van der Waals surface area contributed by atoms with Crippen LogP contribution in [0.3, 0.4) is 0 Å². The molecule has 0 aromatic heterocycles. The average molecular weight is 261 g/mol. The van der Waals surface area contributed by atoms with Gasteiger partial charge in [0.1, 0.15) is 0 Å². The number of para-hydroxylation sites is 1. The topological polar surface area (TPSA) is 43.4 Å². The van der Waals surface area contributed by atoms with E-state index >= 15 is 0 Å². The van der Waals surface area contributed by atoms with Crippen molar-refractivity contribution in [3.05, 3.63) is 65.7 Å². The van der Waals surface area contributed by atoms with Crippen molar-refractivity contribution < 1.29 is 13.9 Å². The molecule has 0 aliphatic carbocycles. The van der Waals surface area contributed by atoms with Crippen molar-refractivity contribution in [2.75, 3.05) is 0 Å². The van der Waals surface area contributed by atoms with Crippen molar-refractivity contribution >= 4 is 15.0 Å². The smallest absolute Gasteiger partial charge is 0.298 e. The molecule has 1 unspecified atom stereocenters. The molecule has 92 valence electrons. The number of hydrogen-bond acceptors (Lipinski definition) is 3. The summed E-state index contributed by atoms with van der Waals surface area (Å²) in [6.45, 7) is 2.08. The predicted octanol–water partition coefficient (Wildman–Crippen LogP) is 3.81. The number of aryl methyl sites for hydroxylation is 1. The van der Waals surface area contributed by atoms with Gasteiger partial charge in [0, 0.05) is 0 Å². The zero-order chi connectivity index (χ0) is 13.2. The molecule has 0 saturated heterocycles. The summed E-state index contributed by atoms with van der Waals surface area (Å²) in [6, 6.07) is 16.9. The summed E-state index contributed by atoms with van der Waals surface area (Å²) < 4.78 is 14.7. The largest absolute Gasteiger partial charge is 0.542 e. The molecule has 0 amide bonds. The third-order valence-corrected chi connectivity index (χ3v) is 2.44. The van der Waals surface area contributed by atoms with Crippen LogP contribution in [0.5, 0.6) is 5.75 Å². The van der Waals surface area contributed by atoms with Gasteiger partial charge in [0.2, 0.25) is 0 Å². The van der Waals surface area contributed by atoms with Crippen LogP contribution >= 0.6 is 8.69 Å². The van der Waals surface area contributed by atoms with Gasteiger partial charge in [-0.15, -0.1) is 0 Å². The average Bonchev–Trinajstić information content (AvgIpc) is 2.41. The normalized spacial score (nSPS) is 9.17. The second-order valence-electron chi connectivity index (χ2n) is 3.50. The van der Waals surface area contributed by atoms with E-state index in [1.165, 1.54) is 5.56 Å². The summed E-state index contributed by atoms with van der Waals surface area (Å²) in [6.07, 6.45) is 0.662. The summed E-state index contributed by atoms with van der Waals surface area (Å²) in [7, 11) is -0.874. The predicted molar refractivity (Wildman–Crippen MR) is 72.6 cm³/mol. The van der Waals surface area contributed by atoms with Gasteiger partial charge in [0.05, 0.1) is 5.56 Å². The van der Waals surface area contributed by atoms with Crippen molar-refractivity contribution in [2.45, 2.75) is 6.92 Å². The van der Waals surface area contributed by atoms with Crippen LogP contribution in [0.25, 0.3) is 0 Å². The van der Waals surface area contributed by atoms with Crippen LogP contribution in [-0.2, 0) is 4.57 Å². The Hall–Kier alpha value is -1.99. The number of benzene rings is 2. The van der Waals surface area contributed by atoms with E-state index in [4.69, 9.17) is 0 Å². The highest BCUT2D eigenvalue weighted by Crippen LogP contribution is 2.18. The Morgan fingerprint density at radius 2 is 1.61 bits per heavy atom. The first-order chi connectivity index (χ1) is 8.77. The van der Waals surface area contributed by atoms with E-state index < -0.39 is 8.69 Å². The highest BCUT2D eigenvalue weighted by atomic mass is 31.1. The lowest BCUT2D eigenvalue weighted by atomic mass is 10.2. The van der Waals surface area contributed by atoms with Gasteiger partial charge in [-0.25, -0.2) is 0 Å². The van der Waals surface area contributed by atoms with Crippen LogP contribution in [0.15, 0.2) is 54.6 Å². The lowest BCUT2D eigenvalue weighted by molar-refractivity contribution is 0.112. The molecule has 2 aromatic rings. The Bertz CT molecular complexity index is 497. The van der Waals surface area contributed by atoms with Gasteiger partial charge in [0.15, 0.2) is 12.0 Å². The van der Waals surface area contributed by atoms with E-state index in [-0.39, 0.29) is 0 Å². The zero-order valence-corrected chi connectivity index (χ0v) is 11.0. The molecule has 0 bridgehead atoms. The maximum absolute atomic E-state index is 10.3. The molecule has 0 aliphatic rings. The molecule has 0 fully saturated rings. The zero-order valence-electron chi connectivity index (χ0n) is 10.00. The van der Waals surface area contributed by atoms with Gasteiger partial charge < -0.3 is 0 Å².